The first-order valence-corrected chi connectivity index (χ1v) is 10.6. The van der Waals surface area contributed by atoms with Crippen molar-refractivity contribution in [3.05, 3.63) is 64.7 Å². The Morgan fingerprint density at radius 1 is 1.03 bits per heavy atom. The highest BCUT2D eigenvalue weighted by molar-refractivity contribution is 6.33. The van der Waals surface area contributed by atoms with Gasteiger partial charge in [0.1, 0.15) is 5.75 Å². The third-order valence-corrected chi connectivity index (χ3v) is 5.68. The van der Waals surface area contributed by atoms with E-state index in [-0.39, 0.29) is 24.4 Å². The second kappa shape index (κ2) is 11.0. The van der Waals surface area contributed by atoms with Gasteiger partial charge >= 0.3 is 0 Å². The molecular formula is C23H28ClN3O3. The number of piperidine rings is 1. The first-order valence-electron chi connectivity index (χ1n) is 10.3. The van der Waals surface area contributed by atoms with Crippen LogP contribution < -0.4 is 15.4 Å². The molecule has 0 spiro atoms. The van der Waals surface area contributed by atoms with Crippen molar-refractivity contribution in [2.45, 2.75) is 25.3 Å². The number of likely N-dealkylation sites (tertiary alicyclic amines) is 1. The van der Waals surface area contributed by atoms with Crippen LogP contribution in [0.5, 0.6) is 5.75 Å². The molecular weight excluding hydrogens is 402 g/mol. The van der Waals surface area contributed by atoms with Crippen molar-refractivity contribution in [2.75, 3.05) is 33.3 Å². The Bertz CT molecular complexity index is 851. The van der Waals surface area contributed by atoms with Crippen molar-refractivity contribution in [3.63, 3.8) is 0 Å². The maximum Gasteiger partial charge on any atom is 0.253 e. The molecule has 1 unspecified atom stereocenters. The summed E-state index contributed by atoms with van der Waals surface area (Å²) in [5, 5.41) is 5.96. The zero-order valence-corrected chi connectivity index (χ0v) is 18.0. The van der Waals surface area contributed by atoms with Gasteiger partial charge in [0.2, 0.25) is 5.91 Å². The quantitative estimate of drug-likeness (QED) is 0.674. The van der Waals surface area contributed by atoms with Gasteiger partial charge in [0, 0.05) is 6.54 Å². The molecule has 0 bridgehead atoms. The van der Waals surface area contributed by atoms with Gasteiger partial charge in [-0.05, 0) is 55.8 Å². The van der Waals surface area contributed by atoms with Crippen molar-refractivity contribution in [1.82, 2.24) is 15.5 Å². The van der Waals surface area contributed by atoms with E-state index in [2.05, 4.69) is 15.5 Å². The summed E-state index contributed by atoms with van der Waals surface area (Å²) in [7, 11) is 1.65. The molecule has 0 radical (unpaired) electrons. The number of ether oxygens (including phenoxy) is 1. The van der Waals surface area contributed by atoms with Crippen molar-refractivity contribution in [3.8, 4) is 5.75 Å². The first-order chi connectivity index (χ1) is 14.6. The Hall–Kier alpha value is -2.57. The molecule has 3 rings (SSSR count). The van der Waals surface area contributed by atoms with Crippen LogP contribution in [-0.4, -0.2) is 50.0 Å². The van der Waals surface area contributed by atoms with Crippen molar-refractivity contribution >= 4 is 23.4 Å². The summed E-state index contributed by atoms with van der Waals surface area (Å²) in [6.07, 6.45) is 3.56. The summed E-state index contributed by atoms with van der Waals surface area (Å²) >= 11 is 6.04. The van der Waals surface area contributed by atoms with E-state index in [1.807, 2.05) is 24.3 Å². The van der Waals surface area contributed by atoms with Crippen LogP contribution >= 0.6 is 11.6 Å². The number of methoxy groups -OCH3 is 1. The van der Waals surface area contributed by atoms with Crippen LogP contribution in [0.1, 0.15) is 41.2 Å². The van der Waals surface area contributed by atoms with Gasteiger partial charge in [-0.2, -0.15) is 0 Å². The zero-order valence-electron chi connectivity index (χ0n) is 17.2. The lowest BCUT2D eigenvalue weighted by Crippen LogP contribution is -2.43. The average Bonchev–Trinajstić information content (AvgIpc) is 2.79. The molecule has 6 nitrogen and oxygen atoms in total. The second-order valence-electron chi connectivity index (χ2n) is 7.35. The van der Waals surface area contributed by atoms with Crippen LogP contribution in [0.25, 0.3) is 0 Å². The van der Waals surface area contributed by atoms with Crippen LogP contribution in [0.3, 0.4) is 0 Å². The lowest BCUT2D eigenvalue weighted by Gasteiger charge is -2.35. The fourth-order valence-corrected chi connectivity index (χ4v) is 3.91. The van der Waals surface area contributed by atoms with Crippen molar-refractivity contribution < 1.29 is 14.3 Å². The second-order valence-corrected chi connectivity index (χ2v) is 7.76. The van der Waals surface area contributed by atoms with Gasteiger partial charge < -0.3 is 15.4 Å². The summed E-state index contributed by atoms with van der Waals surface area (Å²) in [6, 6.07) is 14.8. The number of hydrogen-bond donors (Lipinski definition) is 2. The van der Waals surface area contributed by atoms with Crippen LogP contribution in [0.2, 0.25) is 5.02 Å². The van der Waals surface area contributed by atoms with E-state index in [0.29, 0.717) is 17.1 Å². The molecule has 0 saturated carbocycles. The third-order valence-electron chi connectivity index (χ3n) is 5.35. The average molecular weight is 430 g/mol. The topological polar surface area (TPSA) is 70.7 Å². The van der Waals surface area contributed by atoms with E-state index in [4.69, 9.17) is 16.3 Å². The predicted molar refractivity (Wildman–Crippen MR) is 118 cm³/mol. The highest BCUT2D eigenvalue weighted by Gasteiger charge is 2.23. The van der Waals surface area contributed by atoms with E-state index in [0.717, 1.165) is 37.2 Å². The molecule has 0 aromatic heterocycles. The van der Waals surface area contributed by atoms with Gasteiger partial charge in [-0.1, -0.05) is 42.3 Å². The highest BCUT2D eigenvalue weighted by atomic mass is 35.5. The van der Waals surface area contributed by atoms with E-state index >= 15 is 0 Å². The molecule has 1 heterocycles. The van der Waals surface area contributed by atoms with Gasteiger partial charge in [0.05, 0.1) is 30.3 Å². The zero-order chi connectivity index (χ0) is 21.3. The summed E-state index contributed by atoms with van der Waals surface area (Å²) in [5.41, 5.74) is 1.49. The number of halogens is 1. The van der Waals surface area contributed by atoms with E-state index in [1.54, 1.807) is 31.4 Å². The smallest absolute Gasteiger partial charge is 0.253 e. The standard InChI is InChI=1S/C23H28ClN3O3/c1-30-18-11-9-17(10-12-18)21(27-13-5-2-6-14-27)15-25-22(28)16-26-23(29)19-7-3-4-8-20(19)24/h3-4,7-12,21H,2,5-6,13-16H2,1H3,(H,25,28)(H,26,29). The molecule has 1 aliphatic rings. The summed E-state index contributed by atoms with van der Waals surface area (Å²) < 4.78 is 5.26. The molecule has 1 atom stereocenters. The molecule has 2 amide bonds. The molecule has 30 heavy (non-hydrogen) atoms. The van der Waals surface area contributed by atoms with Crippen LogP contribution in [-0.2, 0) is 4.79 Å². The van der Waals surface area contributed by atoms with Gasteiger partial charge in [0.25, 0.3) is 5.91 Å². The van der Waals surface area contributed by atoms with Crippen molar-refractivity contribution in [1.29, 1.82) is 0 Å². The number of nitrogens with one attached hydrogen (secondary N) is 2. The summed E-state index contributed by atoms with van der Waals surface area (Å²) in [5.74, 6) is 0.215. The number of carbonyl (C=O) groups is 2. The normalized spacial score (nSPS) is 15.3. The number of carbonyl (C=O) groups excluding carboxylic acids is 2. The van der Waals surface area contributed by atoms with Crippen LogP contribution in [0.4, 0.5) is 0 Å². The maximum atomic E-state index is 12.4. The monoisotopic (exact) mass is 429 g/mol. The number of nitrogens with zero attached hydrogens (tertiary/aromatic N) is 1. The fraction of sp³-hybridized carbons (Fsp3) is 0.391. The fourth-order valence-electron chi connectivity index (χ4n) is 3.69. The lowest BCUT2D eigenvalue weighted by molar-refractivity contribution is -0.120. The summed E-state index contributed by atoms with van der Waals surface area (Å²) in [4.78, 5) is 27.0. The minimum absolute atomic E-state index is 0.0828. The van der Waals surface area contributed by atoms with Crippen molar-refractivity contribution in [2.24, 2.45) is 0 Å². The Morgan fingerprint density at radius 3 is 2.40 bits per heavy atom. The molecule has 1 fully saturated rings. The molecule has 2 aromatic rings. The summed E-state index contributed by atoms with van der Waals surface area (Å²) in [6.45, 7) is 2.40. The van der Waals surface area contributed by atoms with Gasteiger partial charge in [-0.3, -0.25) is 14.5 Å². The number of benzene rings is 2. The van der Waals surface area contributed by atoms with E-state index in [9.17, 15) is 9.59 Å². The van der Waals surface area contributed by atoms with Crippen LogP contribution in [0, 0.1) is 0 Å². The lowest BCUT2D eigenvalue weighted by atomic mass is 10.0. The third kappa shape index (κ3) is 5.97. The molecule has 2 N–H and O–H groups in total. The molecule has 7 heteroatoms. The van der Waals surface area contributed by atoms with Gasteiger partial charge in [-0.25, -0.2) is 0 Å². The molecule has 160 valence electrons. The Kier molecular flexibility index (Phi) is 8.11. The SMILES string of the molecule is COc1ccc(C(CNC(=O)CNC(=O)c2ccccc2Cl)N2CCCCC2)cc1. The molecule has 1 saturated heterocycles. The largest absolute Gasteiger partial charge is 0.497 e. The minimum atomic E-state index is -0.363. The van der Waals surface area contributed by atoms with E-state index in [1.165, 1.54) is 6.42 Å². The number of rotatable bonds is 8. The highest BCUT2D eigenvalue weighted by Crippen LogP contribution is 2.25. The number of amides is 2. The molecule has 2 aromatic carbocycles. The Labute approximate surface area is 182 Å². The van der Waals surface area contributed by atoms with Gasteiger partial charge in [-0.15, -0.1) is 0 Å². The molecule has 1 aliphatic heterocycles. The van der Waals surface area contributed by atoms with Gasteiger partial charge in [0.15, 0.2) is 0 Å². The molecule has 0 aliphatic carbocycles. The maximum absolute atomic E-state index is 12.4. The minimum Gasteiger partial charge on any atom is -0.497 e. The van der Waals surface area contributed by atoms with E-state index < -0.39 is 0 Å². The van der Waals surface area contributed by atoms with Crippen LogP contribution in [0.15, 0.2) is 48.5 Å². The Morgan fingerprint density at radius 2 is 1.73 bits per heavy atom. The first kappa shape index (κ1) is 22.1. The Balaban J connectivity index is 1.58. The predicted octanol–water partition coefficient (Wildman–Crippen LogP) is 3.42. The number of hydrogen-bond acceptors (Lipinski definition) is 4.